The minimum absolute atomic E-state index is 0.533. The van der Waals surface area contributed by atoms with Gasteiger partial charge in [-0.15, -0.1) is 0 Å². The molecule has 3 nitrogen and oxygen atoms in total. The van der Waals surface area contributed by atoms with Gasteiger partial charge in [0.05, 0.1) is 6.61 Å². The molecule has 2 atom stereocenters. The highest BCUT2D eigenvalue weighted by atomic mass is 32.2. The highest BCUT2D eigenvalue weighted by molar-refractivity contribution is 7.87. The van der Waals surface area contributed by atoms with E-state index >= 15 is 0 Å². The topological polar surface area (TPSA) is 35.5 Å². The van der Waals surface area contributed by atoms with Crippen LogP contribution in [0.4, 0.5) is 0 Å². The molecule has 1 fully saturated rings. The molecule has 0 aliphatic carbocycles. The van der Waals surface area contributed by atoms with E-state index in [9.17, 15) is 4.21 Å². The summed E-state index contributed by atoms with van der Waals surface area (Å²) in [5.74, 6) is 5.77. The van der Waals surface area contributed by atoms with Crippen molar-refractivity contribution in [3.05, 3.63) is 35.5 Å². The lowest BCUT2D eigenvalue weighted by molar-refractivity contribution is -0.135. The normalized spacial score (nSPS) is 30.8. The first-order valence-corrected chi connectivity index (χ1v) is 7.05. The summed E-state index contributed by atoms with van der Waals surface area (Å²) in [6, 6.07) is 0. The summed E-state index contributed by atoms with van der Waals surface area (Å²) in [5, 5.41) is 1.54. The standard InChI is InChI=1S/C13H14O3S/c1-17(14)11-4-2-3-6-12-7-9-13(16-12)8-5-10-15-13/h4,6-7,9,11H,5,8,10H2,1H3/b11-4+,12-6-/t13-,17+/m1/s1. The molecule has 0 N–H and O–H groups in total. The second kappa shape index (κ2) is 5.35. The van der Waals surface area contributed by atoms with E-state index in [4.69, 9.17) is 9.47 Å². The maximum absolute atomic E-state index is 10.7. The smallest absolute Gasteiger partial charge is 0.230 e. The molecule has 0 aromatic carbocycles. The molecule has 90 valence electrons. The van der Waals surface area contributed by atoms with E-state index in [1.165, 1.54) is 0 Å². The molecule has 2 heterocycles. The number of hydrogen-bond donors (Lipinski definition) is 0. The van der Waals surface area contributed by atoms with Gasteiger partial charge in [0.15, 0.2) is 0 Å². The third-order valence-electron chi connectivity index (χ3n) is 2.45. The highest BCUT2D eigenvalue weighted by Crippen LogP contribution is 2.35. The Hall–Kier alpha value is -1.31. The summed E-state index contributed by atoms with van der Waals surface area (Å²) in [5.41, 5.74) is 0. The van der Waals surface area contributed by atoms with E-state index in [2.05, 4.69) is 11.8 Å². The van der Waals surface area contributed by atoms with E-state index in [0.717, 1.165) is 19.4 Å². The van der Waals surface area contributed by atoms with Gasteiger partial charge in [0.2, 0.25) is 5.79 Å². The first-order valence-electron chi connectivity index (χ1n) is 5.43. The van der Waals surface area contributed by atoms with Crippen molar-refractivity contribution >= 4 is 10.8 Å². The molecular weight excluding hydrogens is 236 g/mol. The zero-order chi connectivity index (χ0) is 12.1. The van der Waals surface area contributed by atoms with Crippen LogP contribution in [-0.4, -0.2) is 22.9 Å². The van der Waals surface area contributed by atoms with Gasteiger partial charge in [0.1, 0.15) is 5.76 Å². The Kier molecular flexibility index (Phi) is 3.82. The Morgan fingerprint density at radius 3 is 3.12 bits per heavy atom. The fourth-order valence-corrected chi connectivity index (χ4v) is 1.95. The van der Waals surface area contributed by atoms with Crippen LogP contribution >= 0.6 is 0 Å². The van der Waals surface area contributed by atoms with Crippen molar-refractivity contribution in [2.45, 2.75) is 18.6 Å². The van der Waals surface area contributed by atoms with Crippen LogP contribution in [0.1, 0.15) is 12.8 Å². The molecule has 1 saturated heterocycles. The third kappa shape index (κ3) is 3.32. The molecule has 0 amide bonds. The van der Waals surface area contributed by atoms with Crippen LogP contribution in [0.25, 0.3) is 0 Å². The number of hydrogen-bond acceptors (Lipinski definition) is 3. The zero-order valence-corrected chi connectivity index (χ0v) is 10.5. The van der Waals surface area contributed by atoms with Crippen LogP contribution in [0, 0.1) is 11.8 Å². The van der Waals surface area contributed by atoms with Gasteiger partial charge >= 0.3 is 0 Å². The van der Waals surface area contributed by atoms with Gasteiger partial charge in [-0.3, -0.25) is 4.21 Å². The van der Waals surface area contributed by atoms with Crippen molar-refractivity contribution < 1.29 is 13.7 Å². The van der Waals surface area contributed by atoms with Gasteiger partial charge in [-0.25, -0.2) is 0 Å². The highest BCUT2D eigenvalue weighted by Gasteiger charge is 2.38. The Bertz CT molecular complexity index is 457. The minimum atomic E-state index is -0.947. The van der Waals surface area contributed by atoms with Crippen molar-refractivity contribution in [1.82, 2.24) is 0 Å². The first-order chi connectivity index (χ1) is 8.20. The molecule has 0 aromatic heterocycles. The molecule has 17 heavy (non-hydrogen) atoms. The van der Waals surface area contributed by atoms with Crippen LogP contribution < -0.4 is 0 Å². The minimum Gasteiger partial charge on any atom is -0.458 e. The van der Waals surface area contributed by atoms with Crippen molar-refractivity contribution in [2.24, 2.45) is 0 Å². The average Bonchev–Trinajstić information content (AvgIpc) is 2.89. The summed E-state index contributed by atoms with van der Waals surface area (Å²) in [4.78, 5) is 0. The fraction of sp³-hybridized carbons (Fsp3) is 0.385. The first kappa shape index (κ1) is 12.2. The predicted octanol–water partition coefficient (Wildman–Crippen LogP) is 1.86. The number of rotatable bonds is 1. The van der Waals surface area contributed by atoms with Crippen LogP contribution in [-0.2, 0) is 20.3 Å². The second-order valence-corrected chi connectivity index (χ2v) is 5.11. The SMILES string of the molecule is C[S@](=O)/C=C/C#C/C=C1/C=C[C@@]2(CCCO2)O1. The largest absolute Gasteiger partial charge is 0.458 e. The van der Waals surface area contributed by atoms with Crippen LogP contribution in [0.2, 0.25) is 0 Å². The predicted molar refractivity (Wildman–Crippen MR) is 67.2 cm³/mol. The summed E-state index contributed by atoms with van der Waals surface area (Å²) in [7, 11) is -0.947. The maximum Gasteiger partial charge on any atom is 0.230 e. The van der Waals surface area contributed by atoms with E-state index in [1.807, 2.05) is 12.2 Å². The summed E-state index contributed by atoms with van der Waals surface area (Å²) < 4.78 is 21.9. The lowest BCUT2D eigenvalue weighted by Crippen LogP contribution is -2.24. The number of ether oxygens (including phenoxy) is 2. The van der Waals surface area contributed by atoms with Crippen LogP contribution in [0.5, 0.6) is 0 Å². The maximum atomic E-state index is 10.7. The molecule has 1 spiro atoms. The summed E-state index contributed by atoms with van der Waals surface area (Å²) >= 11 is 0. The van der Waals surface area contributed by atoms with Crippen molar-refractivity contribution in [3.8, 4) is 11.8 Å². The van der Waals surface area contributed by atoms with E-state index in [0.29, 0.717) is 5.76 Å². The quantitative estimate of drug-likeness (QED) is 0.666. The lowest BCUT2D eigenvalue weighted by atomic mass is 10.2. The molecule has 0 bridgehead atoms. The average molecular weight is 250 g/mol. The fourth-order valence-electron chi connectivity index (χ4n) is 1.69. The monoisotopic (exact) mass is 250 g/mol. The second-order valence-electron chi connectivity index (χ2n) is 3.84. The van der Waals surface area contributed by atoms with Crippen LogP contribution in [0.3, 0.4) is 0 Å². The molecule has 0 radical (unpaired) electrons. The van der Waals surface area contributed by atoms with Gasteiger partial charge < -0.3 is 9.47 Å². The molecule has 2 rings (SSSR count). The zero-order valence-electron chi connectivity index (χ0n) is 9.64. The lowest BCUT2D eigenvalue weighted by Gasteiger charge is -2.20. The van der Waals surface area contributed by atoms with Gasteiger partial charge in [-0.1, -0.05) is 11.8 Å². The molecule has 4 heteroatoms. The Morgan fingerprint density at radius 2 is 2.41 bits per heavy atom. The van der Waals surface area contributed by atoms with Gasteiger partial charge in [-0.2, -0.15) is 0 Å². The number of allylic oxidation sites excluding steroid dienone is 3. The molecular formula is C13H14O3S. The Balaban J connectivity index is 1.93. The van der Waals surface area contributed by atoms with Crippen molar-refractivity contribution in [2.75, 3.05) is 12.9 Å². The third-order valence-corrected chi connectivity index (χ3v) is 2.97. The Morgan fingerprint density at radius 1 is 1.53 bits per heavy atom. The van der Waals surface area contributed by atoms with Gasteiger partial charge in [0.25, 0.3) is 0 Å². The molecule has 2 aliphatic heterocycles. The van der Waals surface area contributed by atoms with E-state index in [-0.39, 0.29) is 0 Å². The molecule has 0 aromatic rings. The molecule has 0 saturated carbocycles. The van der Waals surface area contributed by atoms with E-state index in [1.54, 1.807) is 23.8 Å². The van der Waals surface area contributed by atoms with Gasteiger partial charge in [-0.05, 0) is 24.6 Å². The Labute approximate surface area is 104 Å². The van der Waals surface area contributed by atoms with Crippen molar-refractivity contribution in [1.29, 1.82) is 0 Å². The summed E-state index contributed by atoms with van der Waals surface area (Å²) in [6.07, 6.45) is 10.6. The molecule has 2 aliphatic rings. The van der Waals surface area contributed by atoms with Crippen LogP contribution in [0.15, 0.2) is 35.5 Å². The van der Waals surface area contributed by atoms with E-state index < -0.39 is 16.6 Å². The van der Waals surface area contributed by atoms with Gasteiger partial charge in [0, 0.05) is 35.0 Å². The summed E-state index contributed by atoms with van der Waals surface area (Å²) in [6.45, 7) is 0.744. The van der Waals surface area contributed by atoms with Crippen molar-refractivity contribution in [3.63, 3.8) is 0 Å². The molecule has 0 unspecified atom stereocenters.